The summed E-state index contributed by atoms with van der Waals surface area (Å²) in [4.78, 5) is 24.7. The standard InChI is InChI=1S/C23H28N2O7S/c1-16(2)32-20-10-9-17(13-21(20)30-3)23(27)31-15-22(26)24-18-7-6-8-19(14-18)33(28,29)25-11-4-5-12-25/h6-10,13-14,16H,4-5,11-12,15H2,1-3H3,(H,24,26). The van der Waals surface area contributed by atoms with Crippen LogP contribution in [0.25, 0.3) is 0 Å². The Kier molecular flexibility index (Phi) is 7.93. The second kappa shape index (κ2) is 10.7. The summed E-state index contributed by atoms with van der Waals surface area (Å²) in [5.41, 5.74) is 0.502. The number of benzene rings is 2. The van der Waals surface area contributed by atoms with Crippen molar-refractivity contribution in [3.05, 3.63) is 48.0 Å². The molecule has 0 saturated carbocycles. The number of hydrogen-bond acceptors (Lipinski definition) is 7. The van der Waals surface area contributed by atoms with Crippen molar-refractivity contribution < 1.29 is 32.2 Å². The maximum absolute atomic E-state index is 12.7. The largest absolute Gasteiger partial charge is 0.493 e. The molecular formula is C23H28N2O7S. The Morgan fingerprint density at radius 3 is 2.45 bits per heavy atom. The molecule has 178 valence electrons. The number of nitrogens with one attached hydrogen (secondary N) is 1. The molecule has 3 rings (SSSR count). The van der Waals surface area contributed by atoms with Gasteiger partial charge < -0.3 is 19.5 Å². The third-order valence-corrected chi connectivity index (χ3v) is 6.81. The number of ether oxygens (including phenoxy) is 3. The summed E-state index contributed by atoms with van der Waals surface area (Å²) in [5.74, 6) is -0.431. The molecule has 1 fully saturated rings. The van der Waals surface area contributed by atoms with Crippen LogP contribution in [0.4, 0.5) is 5.69 Å². The molecule has 0 atom stereocenters. The van der Waals surface area contributed by atoms with Crippen LogP contribution in [0.5, 0.6) is 11.5 Å². The Balaban J connectivity index is 1.60. The molecule has 0 unspecified atom stereocenters. The minimum absolute atomic E-state index is 0.0655. The van der Waals surface area contributed by atoms with E-state index in [1.54, 1.807) is 18.2 Å². The lowest BCUT2D eigenvalue weighted by molar-refractivity contribution is -0.119. The third kappa shape index (κ3) is 6.23. The minimum Gasteiger partial charge on any atom is -0.493 e. The van der Waals surface area contributed by atoms with Crippen LogP contribution in [-0.2, 0) is 19.6 Å². The molecule has 1 amide bonds. The molecule has 0 bridgehead atoms. The first-order valence-corrected chi connectivity index (χ1v) is 12.1. The van der Waals surface area contributed by atoms with Crippen molar-refractivity contribution in [3.63, 3.8) is 0 Å². The van der Waals surface area contributed by atoms with E-state index in [9.17, 15) is 18.0 Å². The predicted octanol–water partition coefficient (Wildman–Crippen LogP) is 3.06. The highest BCUT2D eigenvalue weighted by molar-refractivity contribution is 7.89. The minimum atomic E-state index is -3.60. The molecule has 2 aromatic carbocycles. The lowest BCUT2D eigenvalue weighted by Gasteiger charge is -2.16. The average Bonchev–Trinajstić information content (AvgIpc) is 3.33. The molecule has 1 aliphatic rings. The number of hydrogen-bond donors (Lipinski definition) is 1. The summed E-state index contributed by atoms with van der Waals surface area (Å²) in [5, 5.41) is 2.56. The summed E-state index contributed by atoms with van der Waals surface area (Å²) in [7, 11) is -2.14. The number of amides is 1. The van der Waals surface area contributed by atoms with Gasteiger partial charge in [0.05, 0.1) is 23.7 Å². The van der Waals surface area contributed by atoms with Crippen molar-refractivity contribution in [3.8, 4) is 11.5 Å². The second-order valence-electron chi connectivity index (χ2n) is 7.80. The van der Waals surface area contributed by atoms with Gasteiger partial charge in [-0.05, 0) is 63.1 Å². The molecule has 1 aliphatic heterocycles. The maximum atomic E-state index is 12.7. The molecule has 0 aliphatic carbocycles. The average molecular weight is 477 g/mol. The van der Waals surface area contributed by atoms with Crippen LogP contribution in [-0.4, -0.2) is 57.5 Å². The first kappa shape index (κ1) is 24.5. The second-order valence-corrected chi connectivity index (χ2v) is 9.73. The first-order chi connectivity index (χ1) is 15.7. The van der Waals surface area contributed by atoms with Crippen molar-refractivity contribution in [1.29, 1.82) is 0 Å². The Labute approximate surface area is 193 Å². The Morgan fingerprint density at radius 2 is 1.79 bits per heavy atom. The van der Waals surface area contributed by atoms with Gasteiger partial charge in [0.1, 0.15) is 0 Å². The van der Waals surface area contributed by atoms with Crippen molar-refractivity contribution in [2.75, 3.05) is 32.1 Å². The zero-order chi connectivity index (χ0) is 24.0. The third-order valence-electron chi connectivity index (χ3n) is 4.92. The van der Waals surface area contributed by atoms with E-state index in [0.717, 1.165) is 12.8 Å². The van der Waals surface area contributed by atoms with Gasteiger partial charge in [-0.2, -0.15) is 4.31 Å². The molecule has 1 N–H and O–H groups in total. The number of sulfonamides is 1. The normalized spacial score (nSPS) is 14.2. The highest BCUT2D eigenvalue weighted by atomic mass is 32.2. The molecule has 9 nitrogen and oxygen atoms in total. The molecule has 10 heteroatoms. The quantitative estimate of drug-likeness (QED) is 0.554. The predicted molar refractivity (Wildman–Crippen MR) is 122 cm³/mol. The smallest absolute Gasteiger partial charge is 0.338 e. The molecule has 1 saturated heterocycles. The van der Waals surface area contributed by atoms with Crippen molar-refractivity contribution in [1.82, 2.24) is 4.31 Å². The molecule has 1 heterocycles. The lowest BCUT2D eigenvalue weighted by atomic mass is 10.2. The van der Waals surface area contributed by atoms with Gasteiger partial charge in [-0.15, -0.1) is 0 Å². The van der Waals surface area contributed by atoms with Gasteiger partial charge in [0.2, 0.25) is 10.0 Å². The highest BCUT2D eigenvalue weighted by Gasteiger charge is 2.27. The molecule has 0 spiro atoms. The van der Waals surface area contributed by atoms with Gasteiger partial charge in [0.15, 0.2) is 18.1 Å². The van der Waals surface area contributed by atoms with Gasteiger partial charge in [-0.3, -0.25) is 4.79 Å². The summed E-state index contributed by atoms with van der Waals surface area (Å²) < 4.78 is 42.8. The van der Waals surface area contributed by atoms with Crippen molar-refractivity contribution >= 4 is 27.6 Å². The van der Waals surface area contributed by atoms with Crippen LogP contribution in [0.1, 0.15) is 37.0 Å². The first-order valence-electron chi connectivity index (χ1n) is 10.6. The number of anilines is 1. The monoisotopic (exact) mass is 476 g/mol. The number of esters is 1. The van der Waals surface area contributed by atoms with Crippen LogP contribution in [0.15, 0.2) is 47.4 Å². The fourth-order valence-corrected chi connectivity index (χ4v) is 4.93. The van der Waals surface area contributed by atoms with Crippen LogP contribution in [0.2, 0.25) is 0 Å². The van der Waals surface area contributed by atoms with Crippen LogP contribution < -0.4 is 14.8 Å². The molecule has 0 radical (unpaired) electrons. The summed E-state index contributed by atoms with van der Waals surface area (Å²) in [6, 6.07) is 10.6. The van der Waals surface area contributed by atoms with Gasteiger partial charge >= 0.3 is 5.97 Å². The fourth-order valence-electron chi connectivity index (χ4n) is 3.37. The summed E-state index contributed by atoms with van der Waals surface area (Å²) in [6.07, 6.45) is 1.60. The van der Waals surface area contributed by atoms with Crippen molar-refractivity contribution in [2.45, 2.75) is 37.7 Å². The Hall–Kier alpha value is -3.11. The zero-order valence-corrected chi connectivity index (χ0v) is 19.7. The molecular weight excluding hydrogens is 448 g/mol. The number of methoxy groups -OCH3 is 1. The van der Waals surface area contributed by atoms with Gasteiger partial charge in [0.25, 0.3) is 5.91 Å². The molecule has 2 aromatic rings. The lowest BCUT2D eigenvalue weighted by Crippen LogP contribution is -2.28. The fraction of sp³-hybridized carbons (Fsp3) is 0.391. The van der Waals surface area contributed by atoms with Gasteiger partial charge in [-0.25, -0.2) is 13.2 Å². The van der Waals surface area contributed by atoms with E-state index < -0.39 is 28.5 Å². The summed E-state index contributed by atoms with van der Waals surface area (Å²) >= 11 is 0. The van der Waals surface area contributed by atoms with Crippen LogP contribution >= 0.6 is 0 Å². The van der Waals surface area contributed by atoms with E-state index in [1.807, 2.05) is 13.8 Å². The molecule has 33 heavy (non-hydrogen) atoms. The van der Waals surface area contributed by atoms with E-state index in [0.29, 0.717) is 30.3 Å². The van der Waals surface area contributed by atoms with E-state index in [4.69, 9.17) is 14.2 Å². The maximum Gasteiger partial charge on any atom is 0.338 e. The van der Waals surface area contributed by atoms with E-state index in [1.165, 1.54) is 35.7 Å². The number of carbonyl (C=O) groups excluding carboxylic acids is 2. The SMILES string of the molecule is COc1cc(C(=O)OCC(=O)Nc2cccc(S(=O)(=O)N3CCCC3)c2)ccc1OC(C)C. The van der Waals surface area contributed by atoms with Crippen LogP contribution in [0.3, 0.4) is 0 Å². The van der Waals surface area contributed by atoms with E-state index in [2.05, 4.69) is 5.32 Å². The summed E-state index contributed by atoms with van der Waals surface area (Å²) in [6.45, 7) is 4.19. The Bertz CT molecular complexity index is 1110. The van der Waals surface area contributed by atoms with Gasteiger partial charge in [0, 0.05) is 18.8 Å². The number of nitrogens with zero attached hydrogens (tertiary/aromatic N) is 1. The number of rotatable bonds is 9. The van der Waals surface area contributed by atoms with Crippen LogP contribution in [0, 0.1) is 0 Å². The van der Waals surface area contributed by atoms with E-state index in [-0.39, 0.29) is 16.6 Å². The Morgan fingerprint density at radius 1 is 1.06 bits per heavy atom. The van der Waals surface area contributed by atoms with Crippen molar-refractivity contribution in [2.24, 2.45) is 0 Å². The highest BCUT2D eigenvalue weighted by Crippen LogP contribution is 2.29. The molecule has 0 aromatic heterocycles. The van der Waals surface area contributed by atoms with Gasteiger partial charge in [-0.1, -0.05) is 6.07 Å². The topological polar surface area (TPSA) is 111 Å². The van der Waals surface area contributed by atoms with E-state index >= 15 is 0 Å². The number of carbonyl (C=O) groups is 2. The zero-order valence-electron chi connectivity index (χ0n) is 18.9.